The van der Waals surface area contributed by atoms with E-state index in [1.165, 1.54) is 24.6 Å². The van der Waals surface area contributed by atoms with E-state index in [1.807, 2.05) is 0 Å². The second kappa shape index (κ2) is 6.71. The van der Waals surface area contributed by atoms with Gasteiger partial charge in [-0.15, -0.1) is 0 Å². The lowest BCUT2D eigenvalue weighted by atomic mass is 9.89. The van der Waals surface area contributed by atoms with Crippen LogP contribution in [0.5, 0.6) is 0 Å². The van der Waals surface area contributed by atoms with Crippen LogP contribution < -0.4 is 5.32 Å². The van der Waals surface area contributed by atoms with Crippen molar-refractivity contribution >= 4 is 33.4 Å². The molecule has 19 heavy (non-hydrogen) atoms. The summed E-state index contributed by atoms with van der Waals surface area (Å²) in [6, 6.07) is 4.26. The van der Waals surface area contributed by atoms with Crippen molar-refractivity contribution in [1.29, 1.82) is 0 Å². The van der Waals surface area contributed by atoms with Crippen molar-refractivity contribution in [3.63, 3.8) is 0 Å². The molecule has 0 saturated heterocycles. The van der Waals surface area contributed by atoms with Gasteiger partial charge in [-0.05, 0) is 37.3 Å². The molecule has 0 spiro atoms. The zero-order valence-corrected chi connectivity index (χ0v) is 12.8. The molecule has 2 atom stereocenters. The Hall–Kier alpha value is -0.610. The zero-order valence-electron chi connectivity index (χ0n) is 10.5. The van der Waals surface area contributed by atoms with E-state index in [-0.39, 0.29) is 10.6 Å². The minimum Gasteiger partial charge on any atom is -0.352 e. The zero-order chi connectivity index (χ0) is 13.8. The fraction of sp³-hybridized carbons (Fsp3) is 0.500. The summed E-state index contributed by atoms with van der Waals surface area (Å²) in [6.45, 7) is 0.575. The first-order valence-electron chi connectivity index (χ1n) is 6.44. The molecule has 1 aliphatic rings. The number of amides is 1. The minimum atomic E-state index is -0.577. The predicted octanol–water partition coefficient (Wildman–Crippen LogP) is 4.16. The van der Waals surface area contributed by atoms with Gasteiger partial charge in [0.05, 0.1) is 10.6 Å². The van der Waals surface area contributed by atoms with E-state index >= 15 is 0 Å². The number of benzene rings is 1. The molecule has 1 amide bonds. The third-order valence-electron chi connectivity index (χ3n) is 3.46. The van der Waals surface area contributed by atoms with E-state index in [2.05, 4.69) is 21.2 Å². The Labute approximate surface area is 125 Å². The highest BCUT2D eigenvalue weighted by Crippen LogP contribution is 2.28. The number of alkyl halides is 1. The molecule has 2 nitrogen and oxygen atoms in total. The average Bonchev–Trinajstić information content (AvgIpc) is 2.36. The second-order valence-corrected chi connectivity index (χ2v) is 6.64. The van der Waals surface area contributed by atoms with Crippen molar-refractivity contribution in [3.05, 3.63) is 34.6 Å². The van der Waals surface area contributed by atoms with Crippen molar-refractivity contribution in [2.45, 2.75) is 30.5 Å². The summed E-state index contributed by atoms with van der Waals surface area (Å²) in [5.41, 5.74) is -0.0598. The van der Waals surface area contributed by atoms with Gasteiger partial charge in [0.15, 0.2) is 0 Å². The summed E-state index contributed by atoms with van der Waals surface area (Å²) in [4.78, 5) is 12.5. The van der Waals surface area contributed by atoms with E-state index in [9.17, 15) is 9.18 Å². The van der Waals surface area contributed by atoms with Crippen LogP contribution in [0.3, 0.4) is 0 Å². The lowest BCUT2D eigenvalue weighted by Gasteiger charge is -2.25. The summed E-state index contributed by atoms with van der Waals surface area (Å²) >= 11 is 9.47. The van der Waals surface area contributed by atoms with E-state index in [1.54, 1.807) is 0 Å². The topological polar surface area (TPSA) is 29.1 Å². The van der Waals surface area contributed by atoms with Crippen LogP contribution in [-0.2, 0) is 0 Å². The molecule has 0 radical (unpaired) electrons. The van der Waals surface area contributed by atoms with Gasteiger partial charge in [0, 0.05) is 11.4 Å². The number of hydrogen-bond donors (Lipinski definition) is 1. The molecule has 1 saturated carbocycles. The predicted molar refractivity (Wildman–Crippen MR) is 78.4 cm³/mol. The molecule has 1 fully saturated rings. The first-order chi connectivity index (χ1) is 9.08. The Morgan fingerprint density at radius 2 is 2.26 bits per heavy atom. The number of rotatable bonds is 3. The molecule has 1 aromatic rings. The highest BCUT2D eigenvalue weighted by molar-refractivity contribution is 9.09. The molecule has 1 aliphatic carbocycles. The molecule has 1 N–H and O–H groups in total. The van der Waals surface area contributed by atoms with Gasteiger partial charge in [0.1, 0.15) is 5.82 Å². The highest BCUT2D eigenvalue weighted by atomic mass is 79.9. The number of halogens is 3. The molecule has 2 rings (SSSR count). The summed E-state index contributed by atoms with van der Waals surface area (Å²) in [7, 11) is 0. The van der Waals surface area contributed by atoms with Crippen molar-refractivity contribution in [1.82, 2.24) is 5.32 Å². The van der Waals surface area contributed by atoms with Gasteiger partial charge < -0.3 is 5.32 Å². The van der Waals surface area contributed by atoms with Crippen molar-refractivity contribution in [2.24, 2.45) is 5.92 Å². The number of carbonyl (C=O) groups is 1. The normalized spacial score (nSPS) is 23.1. The molecule has 0 bridgehead atoms. The molecule has 104 valence electrons. The Morgan fingerprint density at radius 3 is 2.95 bits per heavy atom. The van der Waals surface area contributed by atoms with Gasteiger partial charge in [-0.25, -0.2) is 4.39 Å². The van der Waals surface area contributed by atoms with Gasteiger partial charge in [-0.1, -0.05) is 40.0 Å². The Bertz CT molecular complexity index is 449. The number of carbonyl (C=O) groups excluding carboxylic acids is 1. The number of nitrogens with one attached hydrogen (secondary N) is 1. The van der Waals surface area contributed by atoms with E-state index in [4.69, 9.17) is 11.6 Å². The third kappa shape index (κ3) is 3.93. The Kier molecular flexibility index (Phi) is 5.22. The lowest BCUT2D eigenvalue weighted by molar-refractivity contribution is 0.0940. The molecule has 0 aromatic heterocycles. The quantitative estimate of drug-likeness (QED) is 0.816. The summed E-state index contributed by atoms with van der Waals surface area (Å²) < 4.78 is 13.6. The van der Waals surface area contributed by atoms with Gasteiger partial charge in [0.25, 0.3) is 5.91 Å². The first-order valence-corrected chi connectivity index (χ1v) is 7.73. The smallest absolute Gasteiger partial charge is 0.255 e. The van der Waals surface area contributed by atoms with E-state index in [0.29, 0.717) is 17.3 Å². The van der Waals surface area contributed by atoms with Gasteiger partial charge >= 0.3 is 0 Å². The van der Waals surface area contributed by atoms with Crippen molar-refractivity contribution in [3.8, 4) is 0 Å². The largest absolute Gasteiger partial charge is 0.352 e. The van der Waals surface area contributed by atoms with Crippen molar-refractivity contribution < 1.29 is 9.18 Å². The summed E-state index contributed by atoms with van der Waals surface area (Å²) in [5.74, 6) is -0.556. The van der Waals surface area contributed by atoms with Crippen LogP contribution in [0.1, 0.15) is 36.0 Å². The lowest BCUT2D eigenvalue weighted by Crippen LogP contribution is -2.32. The van der Waals surface area contributed by atoms with Gasteiger partial charge in [-0.2, -0.15) is 0 Å². The standard InChI is InChI=1S/C14H16BrClFNO/c15-10-4-1-3-9(7-10)8-18-14(19)13-11(16)5-2-6-12(13)17/h2,5-6,9-10H,1,3-4,7-8H2,(H,18,19). The van der Waals surface area contributed by atoms with E-state index < -0.39 is 11.7 Å². The van der Waals surface area contributed by atoms with Crippen LogP contribution in [0.25, 0.3) is 0 Å². The summed E-state index contributed by atoms with van der Waals surface area (Å²) in [5, 5.41) is 2.94. The molecule has 1 aromatic carbocycles. The van der Waals surface area contributed by atoms with Crippen LogP contribution in [0, 0.1) is 11.7 Å². The van der Waals surface area contributed by atoms with Crippen LogP contribution in [0.4, 0.5) is 4.39 Å². The highest BCUT2D eigenvalue weighted by Gasteiger charge is 2.22. The maximum Gasteiger partial charge on any atom is 0.255 e. The van der Waals surface area contributed by atoms with Crippen LogP contribution in [-0.4, -0.2) is 17.3 Å². The maximum atomic E-state index is 13.6. The molecule has 5 heteroatoms. The van der Waals surface area contributed by atoms with Crippen LogP contribution >= 0.6 is 27.5 Å². The van der Waals surface area contributed by atoms with Crippen molar-refractivity contribution in [2.75, 3.05) is 6.54 Å². The molecule has 0 aliphatic heterocycles. The Morgan fingerprint density at radius 1 is 1.47 bits per heavy atom. The summed E-state index contributed by atoms with van der Waals surface area (Å²) in [6.07, 6.45) is 4.50. The van der Waals surface area contributed by atoms with Crippen LogP contribution in [0.2, 0.25) is 5.02 Å². The average molecular weight is 349 g/mol. The molecule has 2 unspecified atom stereocenters. The molecule has 0 heterocycles. The van der Waals surface area contributed by atoms with Gasteiger partial charge in [-0.3, -0.25) is 4.79 Å². The maximum absolute atomic E-state index is 13.6. The minimum absolute atomic E-state index is 0.0598. The fourth-order valence-corrected chi connectivity index (χ4v) is 3.55. The van der Waals surface area contributed by atoms with Crippen LogP contribution in [0.15, 0.2) is 18.2 Å². The monoisotopic (exact) mass is 347 g/mol. The third-order valence-corrected chi connectivity index (χ3v) is 4.61. The molecular formula is C14H16BrClFNO. The first kappa shape index (κ1) is 14.8. The van der Waals surface area contributed by atoms with Gasteiger partial charge in [0.2, 0.25) is 0 Å². The number of hydrogen-bond acceptors (Lipinski definition) is 1. The SMILES string of the molecule is O=C(NCC1CCCC(Br)C1)c1c(F)cccc1Cl. The van der Waals surface area contributed by atoms with E-state index in [0.717, 1.165) is 19.3 Å². The Balaban J connectivity index is 1.94. The molecular weight excluding hydrogens is 333 g/mol. The fourth-order valence-electron chi connectivity index (χ4n) is 2.45. The second-order valence-electron chi connectivity index (χ2n) is 4.94.